The first-order valence-corrected chi connectivity index (χ1v) is 5.16. The topological polar surface area (TPSA) is 15.8 Å². The van der Waals surface area contributed by atoms with E-state index in [-0.39, 0.29) is 5.82 Å². The summed E-state index contributed by atoms with van der Waals surface area (Å²) >= 11 is 0. The highest BCUT2D eigenvalue weighted by atomic mass is 19.1. The number of rotatable bonds is 1. The molecule has 78 valence electrons. The largest absolute Gasteiger partial charge is 0.361 e. The van der Waals surface area contributed by atoms with Crippen LogP contribution in [0.25, 0.3) is 22.0 Å². The summed E-state index contributed by atoms with van der Waals surface area (Å²) in [6.45, 7) is 0. The van der Waals surface area contributed by atoms with E-state index in [2.05, 4.69) is 4.98 Å². The van der Waals surface area contributed by atoms with Crippen LogP contribution in [-0.4, -0.2) is 4.98 Å². The van der Waals surface area contributed by atoms with Gasteiger partial charge >= 0.3 is 0 Å². The fourth-order valence-corrected chi connectivity index (χ4v) is 1.90. The molecule has 0 spiro atoms. The van der Waals surface area contributed by atoms with Crippen LogP contribution in [0.2, 0.25) is 0 Å². The van der Waals surface area contributed by atoms with Gasteiger partial charge in [0.1, 0.15) is 5.82 Å². The first-order chi connectivity index (χ1) is 7.83. The summed E-state index contributed by atoms with van der Waals surface area (Å²) in [6, 6.07) is 14.7. The third-order valence-electron chi connectivity index (χ3n) is 2.71. The van der Waals surface area contributed by atoms with E-state index in [0.29, 0.717) is 0 Å². The molecule has 3 aromatic rings. The van der Waals surface area contributed by atoms with Crippen molar-refractivity contribution in [1.29, 1.82) is 0 Å². The number of H-pyrrole nitrogens is 1. The van der Waals surface area contributed by atoms with Gasteiger partial charge in [0.15, 0.2) is 0 Å². The Balaban J connectivity index is 2.18. The van der Waals surface area contributed by atoms with Crippen LogP contribution < -0.4 is 0 Å². The minimum absolute atomic E-state index is 0.205. The smallest absolute Gasteiger partial charge is 0.123 e. The summed E-state index contributed by atoms with van der Waals surface area (Å²) in [4.78, 5) is 3.15. The molecule has 0 aliphatic rings. The van der Waals surface area contributed by atoms with Crippen molar-refractivity contribution in [1.82, 2.24) is 4.98 Å². The molecule has 0 aliphatic heterocycles. The van der Waals surface area contributed by atoms with Crippen molar-refractivity contribution in [2.45, 2.75) is 0 Å². The van der Waals surface area contributed by atoms with Crippen LogP contribution in [0.15, 0.2) is 54.7 Å². The molecule has 0 saturated heterocycles. The number of benzene rings is 2. The molecule has 2 aromatic carbocycles. The number of nitrogens with one attached hydrogen (secondary N) is 1. The standard InChI is InChI=1S/C14H10FN/c15-13-3-1-2-11(8-13)12-5-4-10-6-7-16-14(10)9-12/h1-9,16H. The summed E-state index contributed by atoms with van der Waals surface area (Å²) in [6.07, 6.45) is 1.90. The summed E-state index contributed by atoms with van der Waals surface area (Å²) in [7, 11) is 0. The van der Waals surface area contributed by atoms with Crippen LogP contribution in [0.5, 0.6) is 0 Å². The molecular formula is C14H10FN. The fraction of sp³-hybridized carbons (Fsp3) is 0. The quantitative estimate of drug-likeness (QED) is 0.626. The average Bonchev–Trinajstić information content (AvgIpc) is 2.75. The second-order valence-corrected chi connectivity index (χ2v) is 3.79. The monoisotopic (exact) mass is 211 g/mol. The van der Waals surface area contributed by atoms with Crippen molar-refractivity contribution in [3.63, 3.8) is 0 Å². The van der Waals surface area contributed by atoms with Gasteiger partial charge in [-0.3, -0.25) is 0 Å². The number of aromatic amines is 1. The lowest BCUT2D eigenvalue weighted by Gasteiger charge is -2.01. The Kier molecular flexibility index (Phi) is 2.00. The number of halogens is 1. The van der Waals surface area contributed by atoms with E-state index in [0.717, 1.165) is 16.6 Å². The van der Waals surface area contributed by atoms with Gasteiger partial charge in [0, 0.05) is 11.7 Å². The third-order valence-corrected chi connectivity index (χ3v) is 2.71. The van der Waals surface area contributed by atoms with Crippen LogP contribution >= 0.6 is 0 Å². The van der Waals surface area contributed by atoms with Gasteiger partial charge in [-0.05, 0) is 40.8 Å². The number of hydrogen-bond donors (Lipinski definition) is 1. The van der Waals surface area contributed by atoms with Crippen LogP contribution in [0.4, 0.5) is 4.39 Å². The van der Waals surface area contributed by atoms with E-state index < -0.39 is 0 Å². The molecular weight excluding hydrogens is 201 g/mol. The van der Waals surface area contributed by atoms with E-state index in [9.17, 15) is 4.39 Å². The molecule has 0 bridgehead atoms. The lowest BCUT2D eigenvalue weighted by molar-refractivity contribution is 0.628. The van der Waals surface area contributed by atoms with E-state index in [1.807, 2.05) is 36.5 Å². The molecule has 1 aromatic heterocycles. The molecule has 3 rings (SSSR count). The van der Waals surface area contributed by atoms with Gasteiger partial charge in [-0.2, -0.15) is 0 Å². The molecule has 2 heteroatoms. The van der Waals surface area contributed by atoms with Gasteiger partial charge in [0.2, 0.25) is 0 Å². The third kappa shape index (κ3) is 1.48. The highest BCUT2D eigenvalue weighted by molar-refractivity contribution is 5.84. The molecule has 0 saturated carbocycles. The predicted octanol–water partition coefficient (Wildman–Crippen LogP) is 3.97. The molecule has 0 aliphatic carbocycles. The lowest BCUT2D eigenvalue weighted by Crippen LogP contribution is -1.80. The van der Waals surface area contributed by atoms with E-state index in [4.69, 9.17) is 0 Å². The van der Waals surface area contributed by atoms with Crippen LogP contribution in [0.3, 0.4) is 0 Å². The maximum Gasteiger partial charge on any atom is 0.123 e. The minimum atomic E-state index is -0.205. The van der Waals surface area contributed by atoms with E-state index in [1.54, 1.807) is 12.1 Å². The summed E-state index contributed by atoms with van der Waals surface area (Å²) in [5.74, 6) is -0.205. The average molecular weight is 211 g/mol. The van der Waals surface area contributed by atoms with Crippen molar-refractivity contribution in [2.75, 3.05) is 0 Å². The zero-order chi connectivity index (χ0) is 11.0. The van der Waals surface area contributed by atoms with Crippen molar-refractivity contribution < 1.29 is 4.39 Å². The summed E-state index contributed by atoms with van der Waals surface area (Å²) in [5.41, 5.74) is 2.99. The van der Waals surface area contributed by atoms with Gasteiger partial charge in [-0.1, -0.05) is 24.3 Å². The Labute approximate surface area is 92.5 Å². The second-order valence-electron chi connectivity index (χ2n) is 3.79. The molecule has 0 amide bonds. The van der Waals surface area contributed by atoms with Gasteiger partial charge in [0.05, 0.1) is 0 Å². The van der Waals surface area contributed by atoms with Crippen molar-refractivity contribution in [3.8, 4) is 11.1 Å². The highest BCUT2D eigenvalue weighted by Crippen LogP contribution is 2.24. The summed E-state index contributed by atoms with van der Waals surface area (Å²) in [5, 5.41) is 1.17. The molecule has 0 fully saturated rings. The fourth-order valence-electron chi connectivity index (χ4n) is 1.90. The Morgan fingerprint density at radius 1 is 0.875 bits per heavy atom. The molecule has 1 nitrogen and oxygen atoms in total. The molecule has 16 heavy (non-hydrogen) atoms. The zero-order valence-electron chi connectivity index (χ0n) is 8.57. The first kappa shape index (κ1) is 9.16. The molecule has 1 N–H and O–H groups in total. The second kappa shape index (κ2) is 3.49. The van der Waals surface area contributed by atoms with Crippen molar-refractivity contribution in [2.24, 2.45) is 0 Å². The Hall–Kier alpha value is -2.09. The maximum absolute atomic E-state index is 13.1. The van der Waals surface area contributed by atoms with Crippen LogP contribution in [-0.2, 0) is 0 Å². The van der Waals surface area contributed by atoms with Crippen LogP contribution in [0.1, 0.15) is 0 Å². The SMILES string of the molecule is Fc1cccc(-c2ccc3cc[nH]c3c2)c1. The lowest BCUT2D eigenvalue weighted by atomic mass is 10.0. The van der Waals surface area contributed by atoms with Gasteiger partial charge in [-0.15, -0.1) is 0 Å². The zero-order valence-corrected chi connectivity index (χ0v) is 8.57. The number of aromatic nitrogens is 1. The highest BCUT2D eigenvalue weighted by Gasteiger charge is 2.01. The Bertz CT molecular complexity index is 640. The predicted molar refractivity (Wildman–Crippen MR) is 63.7 cm³/mol. The van der Waals surface area contributed by atoms with Crippen molar-refractivity contribution >= 4 is 10.9 Å². The molecule has 0 atom stereocenters. The Morgan fingerprint density at radius 3 is 2.62 bits per heavy atom. The van der Waals surface area contributed by atoms with Gasteiger partial charge in [-0.25, -0.2) is 4.39 Å². The minimum Gasteiger partial charge on any atom is -0.361 e. The maximum atomic E-state index is 13.1. The number of hydrogen-bond acceptors (Lipinski definition) is 0. The van der Waals surface area contributed by atoms with Crippen LogP contribution in [0, 0.1) is 5.82 Å². The van der Waals surface area contributed by atoms with Gasteiger partial charge < -0.3 is 4.98 Å². The van der Waals surface area contributed by atoms with Crippen molar-refractivity contribution in [3.05, 3.63) is 60.5 Å². The molecule has 0 radical (unpaired) electrons. The first-order valence-electron chi connectivity index (χ1n) is 5.16. The van der Waals surface area contributed by atoms with E-state index >= 15 is 0 Å². The molecule has 1 heterocycles. The normalized spacial score (nSPS) is 10.8. The summed E-state index contributed by atoms with van der Waals surface area (Å²) < 4.78 is 13.1. The number of fused-ring (bicyclic) bond motifs is 1. The Morgan fingerprint density at radius 2 is 1.75 bits per heavy atom. The van der Waals surface area contributed by atoms with E-state index in [1.165, 1.54) is 11.5 Å². The van der Waals surface area contributed by atoms with Gasteiger partial charge in [0.25, 0.3) is 0 Å². The molecule has 0 unspecified atom stereocenters.